The second-order valence-corrected chi connectivity index (χ2v) is 5.79. The summed E-state index contributed by atoms with van der Waals surface area (Å²) in [6, 6.07) is 0.133. The number of halogens is 1. The van der Waals surface area contributed by atoms with Gasteiger partial charge in [-0.05, 0) is 40.0 Å². The summed E-state index contributed by atoms with van der Waals surface area (Å²) < 4.78 is 0. The lowest BCUT2D eigenvalue weighted by Gasteiger charge is -2.20. The summed E-state index contributed by atoms with van der Waals surface area (Å²) in [5.74, 6) is -0.234. The Labute approximate surface area is 115 Å². The lowest BCUT2D eigenvalue weighted by molar-refractivity contribution is -0.129. The lowest BCUT2D eigenvalue weighted by Crippen LogP contribution is -2.46. The van der Waals surface area contributed by atoms with Gasteiger partial charge >= 0.3 is 0 Å². The predicted octanol–water partition coefficient (Wildman–Crippen LogP) is 0.567. The number of carbonyl (C=O) groups is 2. The van der Waals surface area contributed by atoms with Gasteiger partial charge in [0.25, 0.3) is 0 Å². The first kappa shape index (κ1) is 17.2. The second-order valence-electron chi connectivity index (χ2n) is 5.79. The molecule has 0 aromatic rings. The van der Waals surface area contributed by atoms with Crippen LogP contribution in [0.5, 0.6) is 0 Å². The molecule has 4 N–H and O–H groups in total. The molecule has 6 heteroatoms. The number of amides is 2. The van der Waals surface area contributed by atoms with Gasteiger partial charge in [0.05, 0.1) is 6.54 Å². The summed E-state index contributed by atoms with van der Waals surface area (Å²) in [6.07, 6.45) is 2.45. The van der Waals surface area contributed by atoms with Gasteiger partial charge in [-0.1, -0.05) is 0 Å². The molecule has 0 aromatic heterocycles. The first-order valence-corrected chi connectivity index (χ1v) is 6.12. The minimum atomic E-state index is -0.266. The standard InChI is InChI=1S/C12H23N3O2.ClH/c1-12(2,3)15-10(16)7-14-11(17)8-4-5-9(13)6-8;/h8-9H,4-7,13H2,1-3H3,(H,14,17)(H,15,16);1H. The van der Waals surface area contributed by atoms with Crippen LogP contribution >= 0.6 is 12.4 Å². The van der Waals surface area contributed by atoms with Gasteiger partial charge in [-0.3, -0.25) is 9.59 Å². The van der Waals surface area contributed by atoms with Crippen LogP contribution in [-0.2, 0) is 9.59 Å². The fraction of sp³-hybridized carbons (Fsp3) is 0.833. The zero-order chi connectivity index (χ0) is 13.1. The largest absolute Gasteiger partial charge is 0.350 e. The van der Waals surface area contributed by atoms with Gasteiger partial charge in [-0.2, -0.15) is 0 Å². The monoisotopic (exact) mass is 277 g/mol. The summed E-state index contributed by atoms with van der Waals surface area (Å²) >= 11 is 0. The Morgan fingerprint density at radius 1 is 1.28 bits per heavy atom. The average Bonchev–Trinajstić information content (AvgIpc) is 2.58. The molecular weight excluding hydrogens is 254 g/mol. The molecule has 1 aliphatic rings. The molecular formula is C12H24ClN3O2. The summed E-state index contributed by atoms with van der Waals surface area (Å²) in [4.78, 5) is 23.2. The predicted molar refractivity (Wildman–Crippen MR) is 73.5 cm³/mol. The Morgan fingerprint density at radius 3 is 2.33 bits per heavy atom. The maximum absolute atomic E-state index is 11.7. The maximum atomic E-state index is 11.7. The van der Waals surface area contributed by atoms with E-state index in [4.69, 9.17) is 5.73 Å². The first-order valence-electron chi connectivity index (χ1n) is 6.12. The van der Waals surface area contributed by atoms with Crippen LogP contribution in [0.25, 0.3) is 0 Å². The Balaban J connectivity index is 0.00000289. The van der Waals surface area contributed by atoms with E-state index >= 15 is 0 Å². The van der Waals surface area contributed by atoms with Crippen LogP contribution in [0.4, 0.5) is 0 Å². The highest BCUT2D eigenvalue weighted by atomic mass is 35.5. The number of rotatable bonds is 3. The van der Waals surface area contributed by atoms with Crippen molar-refractivity contribution in [1.82, 2.24) is 10.6 Å². The Kier molecular flexibility index (Phi) is 6.63. The highest BCUT2D eigenvalue weighted by molar-refractivity contribution is 5.86. The molecule has 106 valence electrons. The normalized spacial score (nSPS) is 23.1. The minimum absolute atomic E-state index is 0. The van der Waals surface area contributed by atoms with Crippen molar-refractivity contribution in [3.63, 3.8) is 0 Å². The number of hydrogen-bond acceptors (Lipinski definition) is 3. The van der Waals surface area contributed by atoms with Crippen LogP contribution in [0, 0.1) is 5.92 Å². The molecule has 0 aromatic carbocycles. The van der Waals surface area contributed by atoms with Gasteiger partial charge in [0.2, 0.25) is 11.8 Å². The van der Waals surface area contributed by atoms with Crippen molar-refractivity contribution in [2.45, 2.75) is 51.6 Å². The molecule has 0 spiro atoms. The van der Waals surface area contributed by atoms with Gasteiger partial charge in [-0.25, -0.2) is 0 Å². The van der Waals surface area contributed by atoms with E-state index in [0.29, 0.717) is 0 Å². The lowest BCUT2D eigenvalue weighted by atomic mass is 10.1. The van der Waals surface area contributed by atoms with Crippen molar-refractivity contribution < 1.29 is 9.59 Å². The van der Waals surface area contributed by atoms with E-state index in [-0.39, 0.29) is 48.3 Å². The fourth-order valence-corrected chi connectivity index (χ4v) is 2.03. The van der Waals surface area contributed by atoms with Crippen LogP contribution in [0.2, 0.25) is 0 Å². The summed E-state index contributed by atoms with van der Waals surface area (Å²) in [6.45, 7) is 5.76. The highest BCUT2D eigenvalue weighted by Crippen LogP contribution is 2.23. The molecule has 2 atom stereocenters. The average molecular weight is 278 g/mol. The molecule has 2 amide bonds. The van der Waals surface area contributed by atoms with Gasteiger partial charge in [0.15, 0.2) is 0 Å². The molecule has 0 heterocycles. The molecule has 0 bridgehead atoms. The molecule has 1 rings (SSSR count). The zero-order valence-electron chi connectivity index (χ0n) is 11.3. The van der Waals surface area contributed by atoms with Crippen LogP contribution in [0.3, 0.4) is 0 Å². The third-order valence-corrected chi connectivity index (χ3v) is 2.78. The molecule has 0 radical (unpaired) electrons. The Bertz CT molecular complexity index is 302. The highest BCUT2D eigenvalue weighted by Gasteiger charge is 2.27. The maximum Gasteiger partial charge on any atom is 0.239 e. The van der Waals surface area contributed by atoms with E-state index in [0.717, 1.165) is 19.3 Å². The second kappa shape index (κ2) is 6.95. The molecule has 2 unspecified atom stereocenters. The quantitative estimate of drug-likeness (QED) is 0.705. The van der Waals surface area contributed by atoms with Gasteiger partial charge < -0.3 is 16.4 Å². The van der Waals surface area contributed by atoms with Crippen LogP contribution in [0.1, 0.15) is 40.0 Å². The van der Waals surface area contributed by atoms with Crippen molar-refractivity contribution in [3.05, 3.63) is 0 Å². The molecule has 18 heavy (non-hydrogen) atoms. The topological polar surface area (TPSA) is 84.2 Å². The van der Waals surface area contributed by atoms with Gasteiger partial charge in [0.1, 0.15) is 0 Å². The molecule has 0 saturated heterocycles. The van der Waals surface area contributed by atoms with E-state index in [2.05, 4.69) is 10.6 Å². The third kappa shape index (κ3) is 6.21. The van der Waals surface area contributed by atoms with E-state index in [1.807, 2.05) is 20.8 Å². The van der Waals surface area contributed by atoms with Gasteiger partial charge in [-0.15, -0.1) is 12.4 Å². The van der Waals surface area contributed by atoms with Crippen LogP contribution in [-0.4, -0.2) is 29.9 Å². The molecule has 1 aliphatic carbocycles. The Hall–Kier alpha value is -0.810. The van der Waals surface area contributed by atoms with Crippen molar-refractivity contribution in [2.24, 2.45) is 11.7 Å². The van der Waals surface area contributed by atoms with Crippen LogP contribution in [0.15, 0.2) is 0 Å². The molecule has 5 nitrogen and oxygen atoms in total. The first-order chi connectivity index (χ1) is 7.78. The third-order valence-electron chi connectivity index (χ3n) is 2.78. The van der Waals surface area contributed by atoms with E-state index in [1.54, 1.807) is 0 Å². The van der Waals surface area contributed by atoms with E-state index in [9.17, 15) is 9.59 Å². The number of nitrogens with one attached hydrogen (secondary N) is 2. The molecule has 1 fully saturated rings. The van der Waals surface area contributed by atoms with E-state index < -0.39 is 0 Å². The van der Waals surface area contributed by atoms with Crippen molar-refractivity contribution in [2.75, 3.05) is 6.54 Å². The van der Waals surface area contributed by atoms with Crippen molar-refractivity contribution in [3.8, 4) is 0 Å². The summed E-state index contributed by atoms with van der Waals surface area (Å²) in [5.41, 5.74) is 5.48. The molecule has 0 aliphatic heterocycles. The Morgan fingerprint density at radius 2 is 1.89 bits per heavy atom. The smallest absolute Gasteiger partial charge is 0.239 e. The minimum Gasteiger partial charge on any atom is -0.350 e. The molecule has 1 saturated carbocycles. The van der Waals surface area contributed by atoms with Crippen LogP contribution < -0.4 is 16.4 Å². The van der Waals surface area contributed by atoms with E-state index in [1.165, 1.54) is 0 Å². The van der Waals surface area contributed by atoms with Crippen molar-refractivity contribution in [1.29, 1.82) is 0 Å². The number of carbonyl (C=O) groups excluding carboxylic acids is 2. The summed E-state index contributed by atoms with van der Waals surface area (Å²) in [5, 5.41) is 5.46. The SMILES string of the molecule is CC(C)(C)NC(=O)CNC(=O)C1CCC(N)C1.Cl. The van der Waals surface area contributed by atoms with Crippen molar-refractivity contribution >= 4 is 24.2 Å². The van der Waals surface area contributed by atoms with Gasteiger partial charge in [0, 0.05) is 17.5 Å². The number of hydrogen-bond donors (Lipinski definition) is 3. The fourth-order valence-electron chi connectivity index (χ4n) is 2.03. The zero-order valence-corrected chi connectivity index (χ0v) is 12.1. The summed E-state index contributed by atoms with van der Waals surface area (Å²) in [7, 11) is 0. The number of nitrogens with two attached hydrogens (primary N) is 1.